The monoisotopic (exact) mass is 643 g/mol. The van der Waals surface area contributed by atoms with Gasteiger partial charge in [0.2, 0.25) is 0 Å². The number of ether oxygens (including phenoxy) is 2. The lowest BCUT2D eigenvalue weighted by Gasteiger charge is -2.58. The van der Waals surface area contributed by atoms with E-state index in [4.69, 9.17) is 9.47 Å². The topological polar surface area (TPSA) is 96.9 Å². The number of halogens is 3. The Morgan fingerprint density at radius 2 is 1.84 bits per heavy atom. The van der Waals surface area contributed by atoms with Gasteiger partial charge < -0.3 is 24.6 Å². The van der Waals surface area contributed by atoms with E-state index in [-0.39, 0.29) is 41.2 Å². The molecule has 0 unspecified atom stereocenters. The van der Waals surface area contributed by atoms with Crippen molar-refractivity contribution >= 4 is 29.3 Å². The Morgan fingerprint density at radius 3 is 2.49 bits per heavy atom. The Hall–Kier alpha value is -3.87. The molecule has 45 heavy (non-hydrogen) atoms. The minimum atomic E-state index is -2.73. The van der Waals surface area contributed by atoms with E-state index >= 15 is 0 Å². The first-order valence-corrected chi connectivity index (χ1v) is 15.7. The zero-order chi connectivity index (χ0) is 32.1. The van der Waals surface area contributed by atoms with E-state index in [1.807, 2.05) is 26.8 Å². The van der Waals surface area contributed by atoms with Crippen LogP contribution in [0.4, 0.5) is 28.4 Å². The zero-order valence-electron chi connectivity index (χ0n) is 25.6. The van der Waals surface area contributed by atoms with Gasteiger partial charge in [-0.2, -0.15) is 4.37 Å². The lowest BCUT2D eigenvalue weighted by Crippen LogP contribution is -2.66. The molecule has 0 bridgehead atoms. The molecule has 1 atom stereocenters. The third-order valence-electron chi connectivity index (χ3n) is 8.87. The highest BCUT2D eigenvalue weighted by atomic mass is 32.1. The van der Waals surface area contributed by atoms with Gasteiger partial charge in [0.25, 0.3) is 6.43 Å². The summed E-state index contributed by atoms with van der Waals surface area (Å²) in [5, 5.41) is 3.47. The maximum Gasteiger partial charge on any atom is 0.410 e. The third-order valence-corrected chi connectivity index (χ3v) is 9.74. The van der Waals surface area contributed by atoms with E-state index in [0.717, 1.165) is 0 Å². The van der Waals surface area contributed by atoms with E-state index in [2.05, 4.69) is 14.7 Å². The number of nitrogens with zero attached hydrogens (tertiary/aromatic N) is 4. The van der Waals surface area contributed by atoms with Crippen LogP contribution in [0.3, 0.4) is 0 Å². The van der Waals surface area contributed by atoms with Gasteiger partial charge >= 0.3 is 12.1 Å². The smallest absolute Gasteiger partial charge is 0.410 e. The fraction of sp³-hybridized carbons (Fsp3) is 0.500. The highest BCUT2D eigenvalue weighted by Gasteiger charge is 2.55. The summed E-state index contributed by atoms with van der Waals surface area (Å²) in [5.74, 6) is -0.0479. The van der Waals surface area contributed by atoms with Gasteiger partial charge in [-0.15, -0.1) is 0 Å². The molecule has 1 aromatic heterocycles. The number of benzene rings is 2. The van der Waals surface area contributed by atoms with Crippen LogP contribution in [0.2, 0.25) is 0 Å². The Bertz CT molecular complexity index is 1580. The normalized spacial score (nSPS) is 21.1. The first-order valence-electron chi connectivity index (χ1n) is 14.9. The summed E-state index contributed by atoms with van der Waals surface area (Å²) in [7, 11) is 0. The molecule has 2 saturated heterocycles. The summed E-state index contributed by atoms with van der Waals surface area (Å²) in [4.78, 5) is 33.6. The molecule has 0 radical (unpaired) electrons. The fourth-order valence-corrected chi connectivity index (χ4v) is 7.26. The molecular weight excluding hydrogens is 607 g/mol. The van der Waals surface area contributed by atoms with E-state index < -0.39 is 23.5 Å². The molecule has 9 nitrogen and oxygen atoms in total. The van der Waals surface area contributed by atoms with E-state index in [0.29, 0.717) is 60.8 Å². The molecule has 2 aliphatic heterocycles. The van der Waals surface area contributed by atoms with Gasteiger partial charge in [-0.05, 0) is 93.9 Å². The highest BCUT2D eigenvalue weighted by Crippen LogP contribution is 2.50. The van der Waals surface area contributed by atoms with Crippen LogP contribution in [0, 0.1) is 18.2 Å². The van der Waals surface area contributed by atoms with Crippen LogP contribution in [0.1, 0.15) is 68.2 Å². The Labute approximate surface area is 263 Å². The number of aryl methyl sites for hydroxylation is 1. The summed E-state index contributed by atoms with van der Waals surface area (Å²) < 4.78 is 57.8. The molecule has 3 fully saturated rings. The van der Waals surface area contributed by atoms with Crippen LogP contribution >= 0.6 is 11.5 Å². The average molecular weight is 644 g/mol. The van der Waals surface area contributed by atoms with Crippen molar-refractivity contribution < 1.29 is 32.2 Å². The van der Waals surface area contributed by atoms with Gasteiger partial charge in [0.15, 0.2) is 0 Å². The number of carbonyl (C=O) groups excluding carboxylic acids is 2. The molecule has 3 heterocycles. The second kappa shape index (κ2) is 11.5. The van der Waals surface area contributed by atoms with Crippen molar-refractivity contribution in [2.24, 2.45) is 5.41 Å². The molecule has 3 amide bonds. The average Bonchev–Trinajstić information content (AvgIpc) is 3.62. The molecule has 1 aliphatic carbocycles. The number of anilines is 1. The molecule has 6 rings (SSSR count). The number of urea groups is 1. The number of hydrogen-bond acceptors (Lipinski definition) is 7. The van der Waals surface area contributed by atoms with Crippen molar-refractivity contribution in [3.63, 3.8) is 0 Å². The number of amides is 3. The molecule has 3 aromatic rings. The second-order valence-corrected chi connectivity index (χ2v) is 14.2. The zero-order valence-corrected chi connectivity index (χ0v) is 26.4. The van der Waals surface area contributed by atoms with Gasteiger partial charge in [0, 0.05) is 37.2 Å². The van der Waals surface area contributed by atoms with Crippen molar-refractivity contribution in [1.29, 1.82) is 0 Å². The van der Waals surface area contributed by atoms with E-state index in [1.54, 1.807) is 22.8 Å². The Kier molecular flexibility index (Phi) is 7.95. The maximum absolute atomic E-state index is 14.6. The van der Waals surface area contributed by atoms with E-state index in [9.17, 15) is 22.8 Å². The van der Waals surface area contributed by atoms with Crippen molar-refractivity contribution in [1.82, 2.24) is 19.2 Å². The summed E-state index contributed by atoms with van der Waals surface area (Å²) in [6.07, 6.45) is 0.0612. The molecular formula is C32H36F3N5O4S. The predicted molar refractivity (Wildman–Crippen MR) is 162 cm³/mol. The van der Waals surface area contributed by atoms with Crippen molar-refractivity contribution in [2.75, 3.05) is 31.5 Å². The number of likely N-dealkylation sites (tertiary alicyclic amines) is 2. The quantitative estimate of drug-likeness (QED) is 0.313. The minimum absolute atomic E-state index is 0.0487. The number of nitrogens with one attached hydrogen (secondary N) is 1. The number of alkyl halides is 2. The molecule has 1 spiro atoms. The van der Waals surface area contributed by atoms with Gasteiger partial charge in [-0.1, -0.05) is 12.1 Å². The van der Waals surface area contributed by atoms with Crippen LogP contribution in [-0.4, -0.2) is 69.2 Å². The highest BCUT2D eigenvalue weighted by molar-refractivity contribution is 7.05. The largest absolute Gasteiger partial charge is 0.488 e. The third kappa shape index (κ3) is 6.18. The summed E-state index contributed by atoms with van der Waals surface area (Å²) in [5.41, 5.74) is -0.252. The van der Waals surface area contributed by atoms with Crippen molar-refractivity contribution in [2.45, 2.75) is 70.5 Å². The van der Waals surface area contributed by atoms with Crippen LogP contribution in [0.15, 0.2) is 42.7 Å². The summed E-state index contributed by atoms with van der Waals surface area (Å²) in [6.45, 7) is 8.86. The summed E-state index contributed by atoms with van der Waals surface area (Å²) in [6, 6.07) is 8.54. The second-order valence-electron chi connectivity index (χ2n) is 13.4. The van der Waals surface area contributed by atoms with Crippen molar-refractivity contribution in [3.8, 4) is 5.75 Å². The maximum atomic E-state index is 14.6. The van der Waals surface area contributed by atoms with E-state index in [1.165, 1.54) is 42.1 Å². The van der Waals surface area contributed by atoms with Crippen LogP contribution < -0.4 is 10.1 Å². The number of aromatic nitrogens is 2. The van der Waals surface area contributed by atoms with Gasteiger partial charge in [0.05, 0.1) is 11.1 Å². The van der Waals surface area contributed by atoms with Crippen LogP contribution in [-0.2, 0) is 10.2 Å². The fourth-order valence-electron chi connectivity index (χ4n) is 6.52. The number of carbonyl (C=O) groups is 2. The molecule has 1 saturated carbocycles. The number of hydrogen-bond donors (Lipinski definition) is 1. The molecule has 1 N–H and O–H groups in total. The van der Waals surface area contributed by atoms with Gasteiger partial charge in [-0.3, -0.25) is 0 Å². The van der Waals surface area contributed by atoms with Gasteiger partial charge in [-0.25, -0.2) is 27.7 Å². The van der Waals surface area contributed by atoms with Crippen LogP contribution in [0.5, 0.6) is 5.75 Å². The SMILES string of the molecule is Cc1ccc([C@]2(c3ncns3)CCN(C(=O)Nc3cc(C(F)F)ccc3OC3CC4(C3)CN(C(=O)OC(C)(C)C)C4)C2)cc1F. The van der Waals surface area contributed by atoms with Crippen molar-refractivity contribution in [3.05, 3.63) is 70.2 Å². The minimum Gasteiger partial charge on any atom is -0.488 e. The molecule has 240 valence electrons. The first-order chi connectivity index (χ1) is 21.3. The molecule has 13 heteroatoms. The Balaban J connectivity index is 1.14. The standard InChI is InChI=1S/C32H36F3N5O4S/c1-19-5-7-21(12-23(19)33)32(27-36-18-37-45-27)9-10-39(17-32)28(41)38-24-11-20(26(34)35)6-8-25(24)43-22-13-31(14-22)15-40(16-31)29(42)44-30(2,3)4/h5-8,11-12,18,22,26H,9-10,13-17H2,1-4H3,(H,38,41)/t32-/m0/s1. The Morgan fingerprint density at radius 1 is 1.09 bits per heavy atom. The first kappa shape index (κ1) is 31.1. The molecule has 3 aliphatic rings. The predicted octanol–water partition coefficient (Wildman–Crippen LogP) is 6.93. The lowest BCUT2D eigenvalue weighted by molar-refractivity contribution is -0.116. The van der Waals surface area contributed by atoms with Crippen LogP contribution in [0.25, 0.3) is 0 Å². The number of rotatable bonds is 6. The van der Waals surface area contributed by atoms with Gasteiger partial charge in [0.1, 0.15) is 34.6 Å². The summed E-state index contributed by atoms with van der Waals surface area (Å²) >= 11 is 1.20. The lowest BCUT2D eigenvalue weighted by atomic mass is 9.62. The molecule has 2 aromatic carbocycles.